The summed E-state index contributed by atoms with van der Waals surface area (Å²) >= 11 is 3.37. The van der Waals surface area contributed by atoms with Gasteiger partial charge in [-0.15, -0.1) is 0 Å². The van der Waals surface area contributed by atoms with Gasteiger partial charge in [0.25, 0.3) is 0 Å². The van der Waals surface area contributed by atoms with E-state index in [2.05, 4.69) is 30.8 Å². The first kappa shape index (κ1) is 17.9. The molecule has 5 nitrogen and oxygen atoms in total. The van der Waals surface area contributed by atoms with E-state index in [0.717, 1.165) is 4.47 Å². The maximum atomic E-state index is 12.1. The maximum Gasteiger partial charge on any atom is 0.217 e. The van der Waals surface area contributed by atoms with Crippen LogP contribution in [0.2, 0.25) is 0 Å². The van der Waals surface area contributed by atoms with E-state index in [1.807, 2.05) is 26.8 Å². The summed E-state index contributed by atoms with van der Waals surface area (Å²) in [6.07, 6.45) is 2.27. The highest BCUT2D eigenvalue weighted by molar-refractivity contribution is 9.10. The predicted molar refractivity (Wildman–Crippen MR) is 87.7 cm³/mol. The van der Waals surface area contributed by atoms with Crippen LogP contribution in [-0.2, 0) is 15.2 Å². The molecule has 1 aromatic heterocycles. The first-order chi connectivity index (χ1) is 9.67. The van der Waals surface area contributed by atoms with Crippen molar-refractivity contribution in [1.29, 1.82) is 0 Å². The molecule has 1 aromatic rings. The van der Waals surface area contributed by atoms with E-state index in [-0.39, 0.29) is 17.9 Å². The smallest absolute Gasteiger partial charge is 0.217 e. The summed E-state index contributed by atoms with van der Waals surface area (Å²) in [6, 6.07) is 3.30. The summed E-state index contributed by atoms with van der Waals surface area (Å²) < 4.78 is 15.9. The molecule has 0 aliphatic rings. The van der Waals surface area contributed by atoms with E-state index in [4.69, 9.17) is 5.73 Å². The Morgan fingerprint density at radius 2 is 2.24 bits per heavy atom. The highest BCUT2D eigenvalue weighted by atomic mass is 79.9. The van der Waals surface area contributed by atoms with Gasteiger partial charge >= 0.3 is 0 Å². The first-order valence-corrected chi connectivity index (χ1v) is 8.47. The van der Waals surface area contributed by atoms with Crippen LogP contribution in [0.25, 0.3) is 0 Å². The van der Waals surface area contributed by atoms with Gasteiger partial charge in [0.15, 0.2) is 0 Å². The third kappa shape index (κ3) is 7.43. The van der Waals surface area contributed by atoms with E-state index in [9.17, 15) is 9.00 Å². The van der Waals surface area contributed by atoms with Crippen molar-refractivity contribution in [1.82, 2.24) is 9.71 Å². The molecule has 21 heavy (non-hydrogen) atoms. The van der Waals surface area contributed by atoms with Crippen molar-refractivity contribution in [3.63, 3.8) is 0 Å². The van der Waals surface area contributed by atoms with Crippen molar-refractivity contribution in [3.8, 4) is 5.18 Å². The number of pyridine rings is 1. The van der Waals surface area contributed by atoms with E-state index in [1.165, 1.54) is 0 Å². The SMILES string of the molecule is CC(C)(C)C#S(=O)NC(CCC(N)=O)c1cc(Br)ccn1. The van der Waals surface area contributed by atoms with Gasteiger partial charge in [-0.25, -0.2) is 8.93 Å². The number of carbonyl (C=O) groups excluding carboxylic acids is 1. The number of hydrogen-bond donors (Lipinski definition) is 2. The first-order valence-electron chi connectivity index (χ1n) is 6.53. The second kappa shape index (κ2) is 7.75. The molecule has 116 valence electrons. The summed E-state index contributed by atoms with van der Waals surface area (Å²) in [4.78, 5) is 15.3. The van der Waals surface area contributed by atoms with Gasteiger partial charge in [0, 0.05) is 22.5 Å². The molecule has 1 amide bonds. The summed E-state index contributed by atoms with van der Waals surface area (Å²) in [5, 5.41) is 2.93. The average molecular weight is 374 g/mol. The number of nitrogens with two attached hydrogens (primary N) is 1. The molecule has 0 fully saturated rings. The number of halogens is 1. The van der Waals surface area contributed by atoms with E-state index in [1.54, 1.807) is 12.3 Å². The quantitative estimate of drug-likeness (QED) is 0.830. The zero-order chi connectivity index (χ0) is 16.0. The van der Waals surface area contributed by atoms with Crippen molar-refractivity contribution < 1.29 is 9.00 Å². The Kier molecular flexibility index (Phi) is 6.61. The Morgan fingerprint density at radius 1 is 1.57 bits per heavy atom. The molecule has 0 saturated heterocycles. The number of rotatable bonds is 5. The van der Waals surface area contributed by atoms with Gasteiger partial charge in [0.05, 0.1) is 22.1 Å². The van der Waals surface area contributed by atoms with Crippen molar-refractivity contribution in [2.75, 3.05) is 0 Å². The third-order valence-electron chi connectivity index (χ3n) is 2.43. The van der Waals surface area contributed by atoms with E-state index >= 15 is 0 Å². The van der Waals surface area contributed by atoms with Gasteiger partial charge in [0.2, 0.25) is 5.91 Å². The zero-order valence-corrected chi connectivity index (χ0v) is 14.8. The van der Waals surface area contributed by atoms with Gasteiger partial charge in [-0.3, -0.25) is 9.78 Å². The molecular weight excluding hydrogens is 354 g/mol. The van der Waals surface area contributed by atoms with Crippen molar-refractivity contribution >= 4 is 32.2 Å². The Morgan fingerprint density at radius 3 is 2.76 bits per heavy atom. The summed E-state index contributed by atoms with van der Waals surface area (Å²) in [5.41, 5.74) is 5.60. The van der Waals surface area contributed by atoms with Gasteiger partial charge in [-0.2, -0.15) is 0 Å². The van der Waals surface area contributed by atoms with E-state index in [0.29, 0.717) is 12.1 Å². The van der Waals surface area contributed by atoms with Crippen LogP contribution in [0.3, 0.4) is 0 Å². The van der Waals surface area contributed by atoms with Gasteiger partial charge < -0.3 is 5.73 Å². The van der Waals surface area contributed by atoms with Gasteiger partial charge in [0.1, 0.15) is 0 Å². The van der Waals surface area contributed by atoms with Crippen molar-refractivity contribution in [2.24, 2.45) is 11.1 Å². The molecule has 0 spiro atoms. The number of primary amides is 1. The molecule has 3 N–H and O–H groups in total. The number of hydrogen-bond acceptors (Lipinski definition) is 3. The molecular formula is C14H20BrN3O2S. The van der Waals surface area contributed by atoms with Crippen LogP contribution in [0, 0.1) is 10.6 Å². The number of nitrogens with one attached hydrogen (secondary N) is 1. The fourth-order valence-corrected chi connectivity index (χ4v) is 3.07. The number of carbonyl (C=O) groups is 1. The third-order valence-corrected chi connectivity index (χ3v) is 4.22. The van der Waals surface area contributed by atoms with Crippen molar-refractivity contribution in [3.05, 3.63) is 28.5 Å². The topological polar surface area (TPSA) is 85.1 Å². The average Bonchev–Trinajstić information content (AvgIpc) is 2.32. The molecule has 0 aliphatic heterocycles. The fraction of sp³-hybridized carbons (Fsp3) is 0.500. The van der Waals surface area contributed by atoms with Crippen LogP contribution >= 0.6 is 15.9 Å². The number of aromatic nitrogens is 1. The Hall–Kier alpha value is -1.14. The fourth-order valence-electron chi connectivity index (χ4n) is 1.60. The molecule has 0 radical (unpaired) electrons. The minimum absolute atomic E-state index is 0.193. The second-order valence-corrected chi connectivity index (χ2v) is 7.59. The minimum Gasteiger partial charge on any atom is -0.370 e. The van der Waals surface area contributed by atoms with Crippen LogP contribution in [0.5, 0.6) is 0 Å². The molecule has 1 rings (SSSR count). The monoisotopic (exact) mass is 373 g/mol. The minimum atomic E-state index is -1.45. The molecule has 0 bridgehead atoms. The second-order valence-electron chi connectivity index (χ2n) is 5.70. The molecule has 0 aromatic carbocycles. The lowest BCUT2D eigenvalue weighted by atomic mass is 10.0. The predicted octanol–water partition coefficient (Wildman–Crippen LogP) is 2.41. The zero-order valence-electron chi connectivity index (χ0n) is 12.4. The van der Waals surface area contributed by atoms with Crippen LogP contribution < -0.4 is 10.5 Å². The molecule has 0 aliphatic carbocycles. The van der Waals surface area contributed by atoms with Crippen LogP contribution in [0.15, 0.2) is 22.8 Å². The summed E-state index contributed by atoms with van der Waals surface area (Å²) in [7, 11) is -1.45. The molecule has 7 heteroatoms. The van der Waals surface area contributed by atoms with Crippen LogP contribution in [0.1, 0.15) is 45.3 Å². The molecule has 1 unspecified atom stereocenters. The number of amides is 1. The summed E-state index contributed by atoms with van der Waals surface area (Å²) in [5.74, 6) is -0.397. The lowest BCUT2D eigenvalue weighted by molar-refractivity contribution is -0.118. The highest BCUT2D eigenvalue weighted by Crippen LogP contribution is 2.20. The summed E-state index contributed by atoms with van der Waals surface area (Å²) in [6.45, 7) is 5.76. The Balaban J connectivity index is 3.00. The van der Waals surface area contributed by atoms with Crippen LogP contribution in [0.4, 0.5) is 0 Å². The van der Waals surface area contributed by atoms with E-state index < -0.39 is 16.3 Å². The lowest BCUT2D eigenvalue weighted by Crippen LogP contribution is -2.23. The normalized spacial score (nSPS) is 12.6. The highest BCUT2D eigenvalue weighted by Gasteiger charge is 2.15. The molecule has 1 heterocycles. The maximum absolute atomic E-state index is 12.1. The van der Waals surface area contributed by atoms with Gasteiger partial charge in [-0.1, -0.05) is 15.9 Å². The Bertz CT molecular complexity index is 647. The van der Waals surface area contributed by atoms with Crippen molar-refractivity contribution in [2.45, 2.75) is 39.7 Å². The van der Waals surface area contributed by atoms with Gasteiger partial charge in [-0.05, 0) is 44.5 Å². The lowest BCUT2D eigenvalue weighted by Gasteiger charge is -2.15. The largest absolute Gasteiger partial charge is 0.370 e. The number of nitrogens with zero attached hydrogens (tertiary/aromatic N) is 1. The van der Waals surface area contributed by atoms with Crippen LogP contribution in [-0.4, -0.2) is 15.1 Å². The molecule has 0 saturated carbocycles. The molecule has 1 atom stereocenters. The Labute approximate surface area is 135 Å². The standard InChI is InChI=1S/C14H20BrN3O2S/c1-14(2,3)9-21(20)18-11(4-5-13(16)19)12-8-10(15)6-7-17-12/h6-8,11H,4-5H2,1-3H3,(H2,16,19)(H,18,20).